The topological polar surface area (TPSA) is 70.7 Å². The maximum absolute atomic E-state index is 13.6. The fourth-order valence-electron chi connectivity index (χ4n) is 6.83. The van der Waals surface area contributed by atoms with Crippen LogP contribution < -0.4 is 10.6 Å². The Bertz CT molecular complexity index is 1520. The lowest BCUT2D eigenvalue weighted by molar-refractivity contribution is -0.213. The molecule has 0 spiro atoms. The molecule has 9 heteroatoms. The van der Waals surface area contributed by atoms with Gasteiger partial charge in [-0.3, -0.25) is 4.90 Å². The third-order valence-corrected chi connectivity index (χ3v) is 9.38. The highest BCUT2D eigenvalue weighted by Crippen LogP contribution is 2.39. The first kappa shape index (κ1) is 35.7. The van der Waals surface area contributed by atoms with Crippen molar-refractivity contribution in [2.24, 2.45) is 5.92 Å². The van der Waals surface area contributed by atoms with Crippen molar-refractivity contribution in [1.82, 2.24) is 15.5 Å². The normalized spacial score (nSPS) is 17.2. The van der Waals surface area contributed by atoms with Crippen LogP contribution in [0.1, 0.15) is 61.3 Å². The SMILES string of the molecule is C[C@H](NC(=O)NC1CCC(CCN(Cc2ccccc2)Cc2ccccc2)CC1)C(OC(=O)C(F)(F)F)(c1ccccc1)c1ccccc1. The summed E-state index contributed by atoms with van der Waals surface area (Å²) >= 11 is 0. The van der Waals surface area contributed by atoms with Gasteiger partial charge in [-0.15, -0.1) is 0 Å². The maximum Gasteiger partial charge on any atom is 0.490 e. The second kappa shape index (κ2) is 16.7. The number of rotatable bonds is 13. The number of benzene rings is 4. The maximum atomic E-state index is 13.6. The van der Waals surface area contributed by atoms with Gasteiger partial charge >= 0.3 is 18.2 Å². The zero-order chi connectivity index (χ0) is 34.7. The van der Waals surface area contributed by atoms with Crippen LogP contribution >= 0.6 is 0 Å². The number of hydrogen-bond acceptors (Lipinski definition) is 4. The summed E-state index contributed by atoms with van der Waals surface area (Å²) in [7, 11) is 0. The highest BCUT2D eigenvalue weighted by molar-refractivity contribution is 5.78. The molecule has 2 N–H and O–H groups in total. The Labute approximate surface area is 286 Å². The number of esters is 1. The van der Waals surface area contributed by atoms with Gasteiger partial charge in [0.15, 0.2) is 5.60 Å². The van der Waals surface area contributed by atoms with Crippen LogP contribution in [-0.4, -0.2) is 41.7 Å². The summed E-state index contributed by atoms with van der Waals surface area (Å²) in [6.07, 6.45) is -0.643. The Morgan fingerprint density at radius 3 is 1.63 bits per heavy atom. The van der Waals surface area contributed by atoms with Gasteiger partial charge in [0, 0.05) is 30.3 Å². The van der Waals surface area contributed by atoms with Crippen molar-refractivity contribution < 1.29 is 27.5 Å². The van der Waals surface area contributed by atoms with E-state index >= 15 is 0 Å². The van der Waals surface area contributed by atoms with Gasteiger partial charge in [-0.25, -0.2) is 9.59 Å². The van der Waals surface area contributed by atoms with Crippen molar-refractivity contribution in [3.8, 4) is 0 Å². The standard InChI is InChI=1S/C40H44F3N3O3/c1-30(39(34-18-10-4-11-19-34,35-20-12-5-13-21-35)49-37(47)40(41,42)43)44-38(48)45-36-24-22-31(23-25-36)26-27-46(28-32-14-6-2-7-15-32)29-33-16-8-3-9-17-33/h2-21,30-31,36H,22-29H2,1H3,(H2,44,45,48)/t30-,31?,36?/m0/s1. The predicted molar refractivity (Wildman–Crippen MR) is 184 cm³/mol. The van der Waals surface area contributed by atoms with E-state index in [1.807, 2.05) is 12.1 Å². The minimum Gasteiger partial charge on any atom is -0.440 e. The van der Waals surface area contributed by atoms with E-state index in [1.54, 1.807) is 67.6 Å². The number of nitrogens with zero attached hydrogens (tertiary/aromatic N) is 1. The van der Waals surface area contributed by atoms with E-state index in [0.29, 0.717) is 17.0 Å². The summed E-state index contributed by atoms with van der Waals surface area (Å²) in [5, 5.41) is 5.85. The van der Waals surface area contributed by atoms with E-state index in [0.717, 1.165) is 51.7 Å². The molecule has 1 saturated carbocycles. The molecule has 0 aromatic heterocycles. The molecule has 0 bridgehead atoms. The largest absolute Gasteiger partial charge is 0.490 e. The van der Waals surface area contributed by atoms with Crippen LogP contribution in [0, 0.1) is 5.92 Å². The smallest absolute Gasteiger partial charge is 0.440 e. The van der Waals surface area contributed by atoms with Gasteiger partial charge in [0.2, 0.25) is 0 Å². The van der Waals surface area contributed by atoms with Gasteiger partial charge in [0.25, 0.3) is 0 Å². The molecule has 5 rings (SSSR count). The second-order valence-electron chi connectivity index (χ2n) is 12.9. The zero-order valence-corrected chi connectivity index (χ0v) is 27.7. The van der Waals surface area contributed by atoms with Gasteiger partial charge in [-0.2, -0.15) is 13.2 Å². The summed E-state index contributed by atoms with van der Waals surface area (Å²) < 4.78 is 46.1. The van der Waals surface area contributed by atoms with Gasteiger partial charge < -0.3 is 15.4 Å². The van der Waals surface area contributed by atoms with Crippen LogP contribution in [0.3, 0.4) is 0 Å². The summed E-state index contributed by atoms with van der Waals surface area (Å²) in [5.74, 6) is -1.81. The first-order chi connectivity index (χ1) is 23.6. The van der Waals surface area contributed by atoms with Gasteiger partial charge in [-0.05, 0) is 62.6 Å². The van der Waals surface area contributed by atoms with E-state index in [2.05, 4.69) is 64.1 Å². The Balaban J connectivity index is 1.20. The van der Waals surface area contributed by atoms with Crippen LogP contribution in [0.15, 0.2) is 121 Å². The highest BCUT2D eigenvalue weighted by atomic mass is 19.4. The van der Waals surface area contributed by atoms with Crippen molar-refractivity contribution in [3.63, 3.8) is 0 Å². The molecule has 4 aromatic rings. The number of hydrogen-bond donors (Lipinski definition) is 2. The first-order valence-electron chi connectivity index (χ1n) is 16.9. The van der Waals surface area contributed by atoms with Crippen LogP contribution in [-0.2, 0) is 28.2 Å². The monoisotopic (exact) mass is 671 g/mol. The van der Waals surface area contributed by atoms with E-state index < -0.39 is 29.8 Å². The van der Waals surface area contributed by atoms with Crippen molar-refractivity contribution in [2.75, 3.05) is 6.54 Å². The first-order valence-corrected chi connectivity index (χ1v) is 16.9. The van der Waals surface area contributed by atoms with Crippen molar-refractivity contribution in [1.29, 1.82) is 0 Å². The quantitative estimate of drug-likeness (QED) is 0.140. The molecular formula is C40H44F3N3O3. The molecule has 0 radical (unpaired) electrons. The van der Waals surface area contributed by atoms with Crippen LogP contribution in [0.5, 0.6) is 0 Å². The summed E-state index contributed by atoms with van der Waals surface area (Å²) in [6, 6.07) is 35.7. The Kier molecular flexibility index (Phi) is 12.1. The van der Waals surface area contributed by atoms with E-state index in [4.69, 9.17) is 4.74 Å². The second-order valence-corrected chi connectivity index (χ2v) is 12.9. The average molecular weight is 672 g/mol. The lowest BCUT2D eigenvalue weighted by Gasteiger charge is -2.40. The molecule has 1 aliphatic carbocycles. The number of amides is 2. The van der Waals surface area contributed by atoms with Crippen LogP contribution in [0.4, 0.5) is 18.0 Å². The number of alkyl halides is 3. The molecule has 1 aliphatic rings. The molecule has 0 aliphatic heterocycles. The Morgan fingerprint density at radius 1 is 0.735 bits per heavy atom. The zero-order valence-electron chi connectivity index (χ0n) is 27.7. The van der Waals surface area contributed by atoms with Gasteiger partial charge in [0.05, 0.1) is 6.04 Å². The third kappa shape index (κ3) is 9.72. The van der Waals surface area contributed by atoms with Crippen molar-refractivity contribution >= 4 is 12.0 Å². The molecule has 6 nitrogen and oxygen atoms in total. The molecule has 1 fully saturated rings. The lowest BCUT2D eigenvalue weighted by Crippen LogP contribution is -2.56. The van der Waals surface area contributed by atoms with E-state index in [9.17, 15) is 22.8 Å². The molecule has 49 heavy (non-hydrogen) atoms. The summed E-state index contributed by atoms with van der Waals surface area (Å²) in [6.45, 7) is 4.26. The lowest BCUT2D eigenvalue weighted by atomic mass is 9.80. The molecule has 0 unspecified atom stereocenters. The molecule has 2 amide bonds. The number of carbonyl (C=O) groups excluding carboxylic acids is 2. The van der Waals surface area contributed by atoms with Crippen molar-refractivity contribution in [2.45, 2.75) is 76.0 Å². The van der Waals surface area contributed by atoms with Crippen molar-refractivity contribution in [3.05, 3.63) is 144 Å². The highest BCUT2D eigenvalue weighted by Gasteiger charge is 2.51. The average Bonchev–Trinajstić information content (AvgIpc) is 3.11. The molecule has 1 atom stereocenters. The van der Waals surface area contributed by atoms with Crippen LogP contribution in [0.25, 0.3) is 0 Å². The summed E-state index contributed by atoms with van der Waals surface area (Å²) in [5.41, 5.74) is 1.24. The number of carbonyl (C=O) groups is 2. The Morgan fingerprint density at radius 2 is 1.18 bits per heavy atom. The number of nitrogens with one attached hydrogen (secondary N) is 2. The molecule has 4 aromatic carbocycles. The number of ether oxygens (including phenoxy) is 1. The van der Waals surface area contributed by atoms with Gasteiger partial charge in [0.1, 0.15) is 0 Å². The van der Waals surface area contributed by atoms with E-state index in [-0.39, 0.29) is 6.04 Å². The summed E-state index contributed by atoms with van der Waals surface area (Å²) in [4.78, 5) is 28.2. The number of halogens is 3. The Hall–Kier alpha value is -4.63. The minimum absolute atomic E-state index is 0.0752. The molecule has 258 valence electrons. The third-order valence-electron chi connectivity index (χ3n) is 9.38. The molecule has 0 heterocycles. The van der Waals surface area contributed by atoms with E-state index in [1.165, 1.54) is 11.1 Å². The fourth-order valence-corrected chi connectivity index (χ4v) is 6.83. The fraction of sp³-hybridized carbons (Fsp3) is 0.350. The van der Waals surface area contributed by atoms with Gasteiger partial charge in [-0.1, -0.05) is 121 Å². The number of urea groups is 1. The predicted octanol–water partition coefficient (Wildman–Crippen LogP) is 8.37. The molecular weight excluding hydrogens is 627 g/mol. The minimum atomic E-state index is -5.23. The van der Waals surface area contributed by atoms with Crippen LogP contribution in [0.2, 0.25) is 0 Å². The molecule has 0 saturated heterocycles.